The highest BCUT2D eigenvalue weighted by Gasteiger charge is 2.56. The molecule has 156 valence electrons. The van der Waals surface area contributed by atoms with E-state index in [9.17, 15) is 14.9 Å². The van der Waals surface area contributed by atoms with Crippen molar-refractivity contribution in [2.24, 2.45) is 0 Å². The van der Waals surface area contributed by atoms with Crippen LogP contribution in [-0.4, -0.2) is 34.5 Å². The molecule has 0 N–H and O–H groups in total. The molecule has 0 spiro atoms. The van der Waals surface area contributed by atoms with Crippen LogP contribution in [-0.2, 0) is 5.41 Å². The van der Waals surface area contributed by atoms with Crippen LogP contribution >= 0.6 is 0 Å². The van der Waals surface area contributed by atoms with Crippen molar-refractivity contribution in [1.29, 1.82) is 0 Å². The second-order valence-electron chi connectivity index (χ2n) is 8.38. The molecule has 2 heterocycles. The number of nitrogens with zero attached hydrogens (tertiary/aromatic N) is 3. The lowest BCUT2D eigenvalue weighted by atomic mass is 9.72. The van der Waals surface area contributed by atoms with Gasteiger partial charge >= 0.3 is 6.03 Å². The van der Waals surface area contributed by atoms with Crippen LogP contribution in [0.15, 0.2) is 84.9 Å². The van der Waals surface area contributed by atoms with E-state index in [1.807, 2.05) is 17.0 Å². The number of carbonyl (C=O) groups is 1. The number of carbonyl (C=O) groups excluding carboxylic acids is 1. The van der Waals surface area contributed by atoms with Gasteiger partial charge in [-0.1, -0.05) is 60.7 Å². The Bertz CT molecular complexity index is 1080. The molecule has 2 aliphatic rings. The molecular weight excluding hydrogens is 390 g/mol. The molecule has 2 fully saturated rings. The Morgan fingerprint density at radius 2 is 1.45 bits per heavy atom. The number of benzene rings is 3. The van der Waals surface area contributed by atoms with E-state index >= 15 is 0 Å². The number of amides is 2. The molecule has 0 unspecified atom stereocenters. The molecular formula is C25H23N3O3. The van der Waals surface area contributed by atoms with E-state index in [2.05, 4.69) is 55.5 Å². The third-order valence-electron chi connectivity index (χ3n) is 6.81. The van der Waals surface area contributed by atoms with Crippen molar-refractivity contribution in [3.05, 3.63) is 106 Å². The number of hydrogen-bond acceptors (Lipinski definition) is 3. The maximum Gasteiger partial charge on any atom is 0.325 e. The van der Waals surface area contributed by atoms with E-state index in [1.165, 1.54) is 23.3 Å². The zero-order valence-corrected chi connectivity index (χ0v) is 17.2. The standard InChI is InChI=1S/C25H23N3O3/c1-18-23-16-25(19-8-4-2-5-9-19,20-10-6-3-7-11-20)17-26(23)24(29)27(18)21-12-14-22(15-13-21)28(30)31/h2-15,18,23H,16-17H2,1H3/t18-,23-/m0/s1. The van der Waals surface area contributed by atoms with Crippen LogP contribution in [0.5, 0.6) is 0 Å². The fraction of sp³-hybridized carbons (Fsp3) is 0.240. The van der Waals surface area contributed by atoms with Crippen LogP contribution in [0.1, 0.15) is 24.5 Å². The molecule has 0 aliphatic carbocycles. The monoisotopic (exact) mass is 413 g/mol. The quantitative estimate of drug-likeness (QED) is 0.447. The topological polar surface area (TPSA) is 66.7 Å². The minimum Gasteiger partial charge on any atom is -0.318 e. The first-order valence-electron chi connectivity index (χ1n) is 10.5. The third kappa shape index (κ3) is 2.98. The van der Waals surface area contributed by atoms with Crippen LogP contribution < -0.4 is 4.90 Å². The van der Waals surface area contributed by atoms with Gasteiger partial charge in [0.1, 0.15) is 0 Å². The Morgan fingerprint density at radius 1 is 0.903 bits per heavy atom. The third-order valence-corrected chi connectivity index (χ3v) is 6.81. The van der Waals surface area contributed by atoms with E-state index in [1.54, 1.807) is 17.0 Å². The molecule has 5 rings (SSSR count). The highest BCUT2D eigenvalue weighted by Crippen LogP contribution is 2.48. The van der Waals surface area contributed by atoms with Crippen molar-refractivity contribution in [2.45, 2.75) is 30.8 Å². The van der Waals surface area contributed by atoms with Gasteiger partial charge in [0.05, 0.1) is 17.0 Å². The molecule has 0 radical (unpaired) electrons. The van der Waals surface area contributed by atoms with E-state index in [-0.39, 0.29) is 29.2 Å². The summed E-state index contributed by atoms with van der Waals surface area (Å²) in [7, 11) is 0. The molecule has 0 aromatic heterocycles. The number of non-ortho nitro benzene ring substituents is 1. The van der Waals surface area contributed by atoms with Crippen LogP contribution in [0, 0.1) is 10.1 Å². The zero-order chi connectivity index (χ0) is 21.6. The van der Waals surface area contributed by atoms with Crippen molar-refractivity contribution >= 4 is 17.4 Å². The molecule has 6 heteroatoms. The van der Waals surface area contributed by atoms with Crippen molar-refractivity contribution in [3.63, 3.8) is 0 Å². The number of fused-ring (bicyclic) bond motifs is 1. The van der Waals surface area contributed by atoms with Gasteiger partial charge in [0, 0.05) is 29.8 Å². The van der Waals surface area contributed by atoms with Crippen molar-refractivity contribution in [1.82, 2.24) is 4.90 Å². The second kappa shape index (κ2) is 7.23. The molecule has 2 saturated heterocycles. The number of hydrogen-bond donors (Lipinski definition) is 0. The lowest BCUT2D eigenvalue weighted by Gasteiger charge is -2.33. The number of nitro groups is 1. The number of anilines is 1. The van der Waals surface area contributed by atoms with E-state index in [4.69, 9.17) is 0 Å². The van der Waals surface area contributed by atoms with Crippen LogP contribution in [0.25, 0.3) is 0 Å². The van der Waals surface area contributed by atoms with E-state index in [0.29, 0.717) is 12.2 Å². The van der Waals surface area contributed by atoms with Gasteiger partial charge in [-0.3, -0.25) is 15.0 Å². The van der Waals surface area contributed by atoms with Gasteiger partial charge in [0.25, 0.3) is 5.69 Å². The number of urea groups is 1. The summed E-state index contributed by atoms with van der Waals surface area (Å²) in [6.45, 7) is 2.67. The Kier molecular flexibility index (Phi) is 4.50. The summed E-state index contributed by atoms with van der Waals surface area (Å²) in [6.07, 6.45) is 0.831. The normalized spacial score (nSPS) is 21.9. The van der Waals surface area contributed by atoms with Gasteiger partial charge in [0.2, 0.25) is 0 Å². The minimum atomic E-state index is -0.425. The van der Waals surface area contributed by atoms with Gasteiger partial charge in [-0.05, 0) is 36.6 Å². The highest BCUT2D eigenvalue weighted by atomic mass is 16.6. The smallest absolute Gasteiger partial charge is 0.318 e. The second-order valence-corrected chi connectivity index (χ2v) is 8.38. The summed E-state index contributed by atoms with van der Waals surface area (Å²) >= 11 is 0. The van der Waals surface area contributed by atoms with Crippen LogP contribution in [0.3, 0.4) is 0 Å². The zero-order valence-electron chi connectivity index (χ0n) is 17.2. The molecule has 0 bridgehead atoms. The molecule has 3 aromatic rings. The first kappa shape index (κ1) is 19.3. The first-order valence-corrected chi connectivity index (χ1v) is 10.5. The average Bonchev–Trinajstić information content (AvgIpc) is 3.32. The molecule has 3 aromatic carbocycles. The summed E-state index contributed by atoms with van der Waals surface area (Å²) in [4.78, 5) is 27.8. The van der Waals surface area contributed by atoms with Gasteiger partial charge in [-0.25, -0.2) is 4.79 Å². The number of rotatable bonds is 4. The lowest BCUT2D eigenvalue weighted by Crippen LogP contribution is -2.40. The van der Waals surface area contributed by atoms with Crippen molar-refractivity contribution in [2.75, 3.05) is 11.4 Å². The Morgan fingerprint density at radius 3 is 1.94 bits per heavy atom. The fourth-order valence-corrected chi connectivity index (χ4v) is 5.24. The van der Waals surface area contributed by atoms with Gasteiger partial charge in [0.15, 0.2) is 0 Å². The van der Waals surface area contributed by atoms with Crippen LogP contribution in [0.4, 0.5) is 16.2 Å². The first-order chi connectivity index (χ1) is 15.0. The SMILES string of the molecule is C[C@H]1[C@@H]2CC(c3ccccc3)(c3ccccc3)CN2C(=O)N1c1ccc([N+](=O)[O-])cc1. The Labute approximate surface area is 180 Å². The molecule has 0 saturated carbocycles. The minimum absolute atomic E-state index is 0.0238. The predicted molar refractivity (Wildman–Crippen MR) is 119 cm³/mol. The summed E-state index contributed by atoms with van der Waals surface area (Å²) in [5.74, 6) is 0. The molecule has 31 heavy (non-hydrogen) atoms. The van der Waals surface area contributed by atoms with E-state index in [0.717, 1.165) is 6.42 Å². The number of nitro benzene ring substituents is 1. The Hall–Kier alpha value is -3.67. The van der Waals surface area contributed by atoms with Crippen LogP contribution in [0.2, 0.25) is 0 Å². The maximum absolute atomic E-state index is 13.5. The molecule has 2 amide bonds. The molecule has 2 atom stereocenters. The van der Waals surface area contributed by atoms with Gasteiger partial charge in [-0.2, -0.15) is 0 Å². The average molecular weight is 413 g/mol. The summed E-state index contributed by atoms with van der Waals surface area (Å²) < 4.78 is 0. The summed E-state index contributed by atoms with van der Waals surface area (Å²) in [5.41, 5.74) is 2.91. The van der Waals surface area contributed by atoms with Crippen molar-refractivity contribution < 1.29 is 9.72 Å². The fourth-order valence-electron chi connectivity index (χ4n) is 5.24. The predicted octanol–water partition coefficient (Wildman–Crippen LogP) is 4.98. The largest absolute Gasteiger partial charge is 0.325 e. The van der Waals surface area contributed by atoms with Crippen molar-refractivity contribution in [3.8, 4) is 0 Å². The molecule has 6 nitrogen and oxygen atoms in total. The van der Waals surface area contributed by atoms with Gasteiger partial charge < -0.3 is 4.90 Å². The maximum atomic E-state index is 13.5. The lowest BCUT2D eigenvalue weighted by molar-refractivity contribution is -0.384. The van der Waals surface area contributed by atoms with E-state index < -0.39 is 4.92 Å². The van der Waals surface area contributed by atoms with Gasteiger partial charge in [-0.15, -0.1) is 0 Å². The Balaban J connectivity index is 1.51. The highest BCUT2D eigenvalue weighted by molar-refractivity contribution is 5.96. The molecule has 2 aliphatic heterocycles. The summed E-state index contributed by atoms with van der Waals surface area (Å²) in [5, 5.41) is 11.0. The summed E-state index contributed by atoms with van der Waals surface area (Å²) in [6, 6.07) is 27.1.